The minimum absolute atomic E-state index is 0.0244. The van der Waals surface area contributed by atoms with E-state index in [0.29, 0.717) is 41.0 Å². The number of fused-ring (bicyclic) bond motifs is 3. The van der Waals surface area contributed by atoms with Crippen LogP contribution in [0.25, 0.3) is 0 Å². The monoisotopic (exact) mass is 587 g/mol. The Bertz CT molecular complexity index is 1550. The molecule has 2 aromatic carbocycles. The second-order valence-corrected chi connectivity index (χ2v) is 11.3. The van der Waals surface area contributed by atoms with E-state index in [-0.39, 0.29) is 41.3 Å². The van der Waals surface area contributed by atoms with Gasteiger partial charge >= 0.3 is 0 Å². The van der Waals surface area contributed by atoms with Crippen molar-refractivity contribution >= 4 is 45.0 Å². The molecule has 6 rings (SSSR count). The normalized spacial score (nSPS) is 26.2. The molecule has 0 bridgehead atoms. The van der Waals surface area contributed by atoms with Gasteiger partial charge in [0.05, 0.1) is 24.1 Å². The molecule has 7 nitrogen and oxygen atoms in total. The number of benzene rings is 2. The number of phenolic OH excluding ortho intramolecular Hbond substituents is 1. The number of phenols is 1. The quantitative estimate of drug-likeness (QED) is 0.300. The van der Waals surface area contributed by atoms with Crippen LogP contribution in [0.1, 0.15) is 38.2 Å². The zero-order valence-corrected chi connectivity index (χ0v) is 23.0. The molecule has 2 aromatic rings. The number of aromatic hydroxyl groups is 1. The largest absolute Gasteiger partial charge is 0.504 e. The summed E-state index contributed by atoms with van der Waals surface area (Å²) < 4.78 is 6.46. The molecule has 2 amide bonds. The first-order valence-corrected chi connectivity index (χ1v) is 13.8. The van der Waals surface area contributed by atoms with Crippen molar-refractivity contribution in [3.63, 3.8) is 0 Å². The Hall–Kier alpha value is -3.78. The number of hydrogen-bond acceptors (Lipinski definition) is 6. The molecule has 0 aromatic heterocycles. The molecule has 1 saturated heterocycles. The minimum atomic E-state index is -0.643. The lowest BCUT2D eigenvalue weighted by molar-refractivity contribution is -0.123. The fourth-order valence-corrected chi connectivity index (χ4v) is 6.83. The average Bonchev–Trinajstić information content (AvgIpc) is 3.18. The van der Waals surface area contributed by atoms with Gasteiger partial charge in [0.15, 0.2) is 23.1 Å². The van der Waals surface area contributed by atoms with Crippen LogP contribution in [-0.4, -0.2) is 35.1 Å². The molecule has 39 heavy (non-hydrogen) atoms. The van der Waals surface area contributed by atoms with Crippen LogP contribution in [0.4, 0.5) is 5.69 Å². The molecule has 1 N–H and O–H groups in total. The minimum Gasteiger partial charge on any atom is -0.504 e. The van der Waals surface area contributed by atoms with E-state index >= 15 is 0 Å². The predicted molar refractivity (Wildman–Crippen MR) is 147 cm³/mol. The fraction of sp³-hybridized carbons (Fsp3) is 0.290. The standard InChI is InChI=1S/C31H26BrNO6/c1-3-39-25-13-16(4-11-23(25)34)26-19-9-10-20-27(21(19)14-22-24(35)12-15(2)29(36)28(22)26)31(38)33(30(20)37)18-7-5-17(32)6-8-18/h4-9,11-13,20-21,26-27,34H,3,10,14H2,1-2H3. The van der Waals surface area contributed by atoms with E-state index in [9.17, 15) is 24.3 Å². The van der Waals surface area contributed by atoms with Gasteiger partial charge in [0, 0.05) is 27.1 Å². The molecule has 0 radical (unpaired) electrons. The van der Waals surface area contributed by atoms with E-state index in [1.807, 2.05) is 13.0 Å². The fourth-order valence-electron chi connectivity index (χ4n) is 6.57. The van der Waals surface area contributed by atoms with Crippen LogP contribution >= 0.6 is 15.9 Å². The summed E-state index contributed by atoms with van der Waals surface area (Å²) in [7, 11) is 0. The number of rotatable bonds is 4. The van der Waals surface area contributed by atoms with Gasteiger partial charge in [0.25, 0.3) is 0 Å². The van der Waals surface area contributed by atoms with Crippen molar-refractivity contribution in [2.24, 2.45) is 17.8 Å². The van der Waals surface area contributed by atoms with Crippen molar-refractivity contribution in [1.29, 1.82) is 0 Å². The number of amides is 2. The average molecular weight is 588 g/mol. The second kappa shape index (κ2) is 9.45. The summed E-state index contributed by atoms with van der Waals surface area (Å²) in [6.07, 6.45) is 3.93. The number of anilines is 1. The summed E-state index contributed by atoms with van der Waals surface area (Å²) in [6.45, 7) is 3.78. The highest BCUT2D eigenvalue weighted by atomic mass is 79.9. The molecule has 1 heterocycles. The summed E-state index contributed by atoms with van der Waals surface area (Å²) in [6, 6.07) is 12.0. The highest BCUT2D eigenvalue weighted by molar-refractivity contribution is 9.10. The first kappa shape index (κ1) is 25.5. The predicted octanol–water partition coefficient (Wildman–Crippen LogP) is 5.19. The summed E-state index contributed by atoms with van der Waals surface area (Å²) in [5, 5.41) is 10.3. The third kappa shape index (κ3) is 3.92. The van der Waals surface area contributed by atoms with E-state index in [1.165, 1.54) is 17.0 Å². The molecule has 8 heteroatoms. The van der Waals surface area contributed by atoms with Gasteiger partial charge in [-0.05, 0) is 80.6 Å². The third-order valence-corrected chi connectivity index (χ3v) is 8.80. The number of ketones is 2. The number of allylic oxidation sites excluding steroid dienone is 6. The topological polar surface area (TPSA) is 101 Å². The molecule has 4 atom stereocenters. The van der Waals surface area contributed by atoms with Gasteiger partial charge in [0.2, 0.25) is 11.8 Å². The number of carbonyl (C=O) groups excluding carboxylic acids is 4. The molecule has 0 saturated carbocycles. The zero-order valence-electron chi connectivity index (χ0n) is 21.4. The summed E-state index contributed by atoms with van der Waals surface area (Å²) in [5.41, 5.74) is 3.24. The zero-order chi connectivity index (χ0) is 27.6. The van der Waals surface area contributed by atoms with Crippen LogP contribution in [0.2, 0.25) is 0 Å². The first-order chi connectivity index (χ1) is 18.7. The lowest BCUT2D eigenvalue weighted by Gasteiger charge is -2.42. The molecule has 4 unspecified atom stereocenters. The van der Waals surface area contributed by atoms with Gasteiger partial charge in [-0.15, -0.1) is 0 Å². The third-order valence-electron chi connectivity index (χ3n) is 8.27. The number of Topliss-reactive ketones (excluding diaryl/α,β-unsaturated/α-hetero) is 1. The number of hydrogen-bond donors (Lipinski definition) is 1. The number of imide groups is 1. The van der Waals surface area contributed by atoms with E-state index in [1.54, 1.807) is 43.3 Å². The number of nitrogens with zero attached hydrogens (tertiary/aromatic N) is 1. The maximum Gasteiger partial charge on any atom is 0.238 e. The van der Waals surface area contributed by atoms with Crippen LogP contribution in [0.5, 0.6) is 11.5 Å². The van der Waals surface area contributed by atoms with E-state index in [2.05, 4.69) is 15.9 Å². The second-order valence-electron chi connectivity index (χ2n) is 10.4. The van der Waals surface area contributed by atoms with Crippen LogP contribution in [0, 0.1) is 17.8 Å². The Morgan fingerprint density at radius 3 is 2.49 bits per heavy atom. The Morgan fingerprint density at radius 2 is 1.77 bits per heavy atom. The smallest absolute Gasteiger partial charge is 0.238 e. The molecular formula is C31H26BrNO6. The van der Waals surface area contributed by atoms with E-state index < -0.39 is 23.7 Å². The molecular weight excluding hydrogens is 562 g/mol. The lowest BCUT2D eigenvalue weighted by atomic mass is 9.59. The van der Waals surface area contributed by atoms with Crippen molar-refractivity contribution in [3.8, 4) is 11.5 Å². The SMILES string of the molecule is CCOc1cc(C2C3=CCC4C(=O)N(c5ccc(Br)cc5)C(=O)C4C3CC3=C2C(=O)C(C)=CC3=O)ccc1O. The van der Waals surface area contributed by atoms with Gasteiger partial charge < -0.3 is 9.84 Å². The van der Waals surface area contributed by atoms with Crippen molar-refractivity contribution in [2.45, 2.75) is 32.6 Å². The van der Waals surface area contributed by atoms with Crippen molar-refractivity contribution in [2.75, 3.05) is 11.5 Å². The van der Waals surface area contributed by atoms with Gasteiger partial charge in [-0.1, -0.05) is 33.6 Å². The van der Waals surface area contributed by atoms with E-state index in [0.717, 1.165) is 10.0 Å². The molecule has 3 aliphatic carbocycles. The van der Waals surface area contributed by atoms with Crippen LogP contribution in [0.15, 0.2) is 81.4 Å². The van der Waals surface area contributed by atoms with Crippen molar-refractivity contribution in [1.82, 2.24) is 0 Å². The number of ether oxygens (including phenoxy) is 1. The Kier molecular flexibility index (Phi) is 6.18. The molecule has 4 aliphatic rings. The Balaban J connectivity index is 1.48. The molecule has 1 aliphatic heterocycles. The first-order valence-electron chi connectivity index (χ1n) is 13.0. The van der Waals surface area contributed by atoms with E-state index in [4.69, 9.17) is 4.74 Å². The van der Waals surface area contributed by atoms with Gasteiger partial charge in [-0.2, -0.15) is 0 Å². The summed E-state index contributed by atoms with van der Waals surface area (Å²) in [4.78, 5) is 55.5. The summed E-state index contributed by atoms with van der Waals surface area (Å²) >= 11 is 3.40. The Morgan fingerprint density at radius 1 is 1.03 bits per heavy atom. The van der Waals surface area contributed by atoms with Crippen molar-refractivity contribution < 1.29 is 29.0 Å². The summed E-state index contributed by atoms with van der Waals surface area (Å²) in [5.74, 6) is -2.91. The Labute approximate surface area is 234 Å². The van der Waals surface area contributed by atoms with Crippen LogP contribution < -0.4 is 9.64 Å². The maximum atomic E-state index is 13.9. The van der Waals surface area contributed by atoms with Gasteiger partial charge in [0.1, 0.15) is 0 Å². The van der Waals surface area contributed by atoms with Gasteiger partial charge in [-0.25, -0.2) is 0 Å². The highest BCUT2D eigenvalue weighted by Gasteiger charge is 2.56. The van der Waals surface area contributed by atoms with Crippen molar-refractivity contribution in [3.05, 3.63) is 86.9 Å². The number of halogens is 1. The maximum absolute atomic E-state index is 13.9. The van der Waals surface area contributed by atoms with Crippen LogP contribution in [-0.2, 0) is 19.2 Å². The van der Waals surface area contributed by atoms with Gasteiger partial charge in [-0.3, -0.25) is 24.1 Å². The molecule has 0 spiro atoms. The highest BCUT2D eigenvalue weighted by Crippen LogP contribution is 2.55. The number of carbonyl (C=O) groups is 4. The lowest BCUT2D eigenvalue weighted by Crippen LogP contribution is -2.39. The molecule has 1 fully saturated rings. The molecule has 198 valence electrons. The van der Waals surface area contributed by atoms with Crippen LogP contribution in [0.3, 0.4) is 0 Å².